The summed E-state index contributed by atoms with van der Waals surface area (Å²) in [6.07, 6.45) is 0.721. The maximum absolute atomic E-state index is 13.2. The lowest BCUT2D eigenvalue weighted by atomic mass is 9.66. The SMILES string of the molecule is C[C@H](N)C(=O)N[C@@H](C)C(=O)N1CCC[C@H]1C(=O)C1(C(N)=O)C(=O)CCCC1=O. The molecule has 0 radical (unpaired) electrons. The molecule has 1 heterocycles. The molecule has 0 aromatic heterocycles. The Morgan fingerprint density at radius 1 is 1.11 bits per heavy atom. The number of primary amides is 1. The second-order valence-electron chi connectivity index (χ2n) is 7.39. The van der Waals surface area contributed by atoms with Crippen LogP contribution in [0.1, 0.15) is 46.0 Å². The molecule has 0 unspecified atom stereocenters. The average molecular weight is 394 g/mol. The molecule has 10 nitrogen and oxygen atoms in total. The molecule has 1 aliphatic heterocycles. The Morgan fingerprint density at radius 2 is 1.68 bits per heavy atom. The maximum Gasteiger partial charge on any atom is 0.246 e. The fraction of sp³-hybridized carbons (Fsp3) is 0.667. The number of rotatable bonds is 6. The fourth-order valence-corrected chi connectivity index (χ4v) is 3.82. The number of carbonyl (C=O) groups is 6. The standard InChI is InChI=1S/C18H26N4O6/c1-9(19)15(26)21-10(2)16(27)22-8-4-5-11(22)14(25)18(17(20)28)12(23)6-3-7-13(18)24/h9-11H,3-8,19H2,1-2H3,(H2,20,28)(H,21,26)/t9-,10-,11-/m0/s1. The van der Waals surface area contributed by atoms with Crippen molar-refractivity contribution in [3.63, 3.8) is 0 Å². The van der Waals surface area contributed by atoms with Gasteiger partial charge in [0, 0.05) is 19.4 Å². The topological polar surface area (TPSA) is 170 Å². The second kappa shape index (κ2) is 8.17. The van der Waals surface area contributed by atoms with Gasteiger partial charge in [-0.1, -0.05) is 0 Å². The lowest BCUT2D eigenvalue weighted by Crippen LogP contribution is -2.63. The third-order valence-electron chi connectivity index (χ3n) is 5.36. The van der Waals surface area contributed by atoms with E-state index >= 15 is 0 Å². The molecule has 1 saturated carbocycles. The number of carbonyl (C=O) groups excluding carboxylic acids is 6. The van der Waals surface area contributed by atoms with Gasteiger partial charge >= 0.3 is 0 Å². The van der Waals surface area contributed by atoms with E-state index in [-0.39, 0.29) is 32.2 Å². The molecule has 2 rings (SSSR count). The molecule has 1 aliphatic carbocycles. The molecule has 2 aliphatic rings. The van der Waals surface area contributed by atoms with Crippen LogP contribution in [0.3, 0.4) is 0 Å². The second-order valence-corrected chi connectivity index (χ2v) is 7.39. The normalized spacial score (nSPS) is 23.8. The summed E-state index contributed by atoms with van der Waals surface area (Å²) in [6.45, 7) is 3.11. The molecule has 3 amide bonds. The van der Waals surface area contributed by atoms with Crippen LogP contribution in [0, 0.1) is 5.41 Å². The number of likely N-dealkylation sites (tertiary alicyclic amines) is 1. The summed E-state index contributed by atoms with van der Waals surface area (Å²) in [6, 6.07) is -2.91. The van der Waals surface area contributed by atoms with Gasteiger partial charge in [-0.15, -0.1) is 0 Å². The Hall–Kier alpha value is -2.62. The van der Waals surface area contributed by atoms with Crippen molar-refractivity contribution in [2.75, 3.05) is 6.54 Å². The van der Waals surface area contributed by atoms with Crippen molar-refractivity contribution in [2.24, 2.45) is 16.9 Å². The molecule has 0 bridgehead atoms. The summed E-state index contributed by atoms with van der Waals surface area (Å²) in [5.41, 5.74) is 8.31. The van der Waals surface area contributed by atoms with Crippen molar-refractivity contribution >= 4 is 35.1 Å². The van der Waals surface area contributed by atoms with Gasteiger partial charge in [-0.3, -0.25) is 28.8 Å². The zero-order valence-corrected chi connectivity index (χ0v) is 16.0. The number of nitrogens with two attached hydrogens (primary N) is 2. The first-order valence-electron chi connectivity index (χ1n) is 9.32. The Balaban J connectivity index is 2.29. The third-order valence-corrected chi connectivity index (χ3v) is 5.36. The highest BCUT2D eigenvalue weighted by Gasteiger charge is 2.61. The van der Waals surface area contributed by atoms with Crippen LogP contribution in [-0.4, -0.2) is 64.6 Å². The lowest BCUT2D eigenvalue weighted by Gasteiger charge is -2.35. The molecule has 28 heavy (non-hydrogen) atoms. The van der Waals surface area contributed by atoms with Crippen LogP contribution < -0.4 is 16.8 Å². The lowest BCUT2D eigenvalue weighted by molar-refractivity contribution is -0.160. The summed E-state index contributed by atoms with van der Waals surface area (Å²) in [5, 5.41) is 2.45. The van der Waals surface area contributed by atoms with E-state index in [2.05, 4.69) is 5.32 Å². The minimum atomic E-state index is -2.52. The zero-order valence-electron chi connectivity index (χ0n) is 16.0. The van der Waals surface area contributed by atoms with E-state index in [0.29, 0.717) is 6.42 Å². The van der Waals surface area contributed by atoms with Gasteiger partial charge in [-0.2, -0.15) is 0 Å². The molecular weight excluding hydrogens is 368 g/mol. The Labute approximate surface area is 162 Å². The van der Waals surface area contributed by atoms with Crippen molar-refractivity contribution < 1.29 is 28.8 Å². The Bertz CT molecular complexity index is 716. The molecule has 0 aromatic carbocycles. The Kier molecular flexibility index (Phi) is 6.33. The summed E-state index contributed by atoms with van der Waals surface area (Å²) >= 11 is 0. The minimum absolute atomic E-state index is 0.0953. The highest BCUT2D eigenvalue weighted by Crippen LogP contribution is 2.35. The van der Waals surface area contributed by atoms with Gasteiger partial charge in [0.1, 0.15) is 6.04 Å². The Morgan fingerprint density at radius 3 is 2.18 bits per heavy atom. The number of Topliss-reactive ketones (excluding diaryl/α,β-unsaturated/α-hetero) is 3. The van der Waals surface area contributed by atoms with Crippen molar-refractivity contribution in [1.82, 2.24) is 10.2 Å². The quantitative estimate of drug-likeness (QED) is 0.446. The molecule has 0 aromatic rings. The average Bonchev–Trinajstić information content (AvgIpc) is 3.10. The van der Waals surface area contributed by atoms with E-state index in [1.165, 1.54) is 18.7 Å². The van der Waals surface area contributed by atoms with Crippen molar-refractivity contribution in [2.45, 2.75) is 64.1 Å². The number of amides is 3. The largest absolute Gasteiger partial charge is 0.368 e. The van der Waals surface area contributed by atoms with Crippen LogP contribution in [0.2, 0.25) is 0 Å². The predicted molar refractivity (Wildman–Crippen MR) is 96.5 cm³/mol. The van der Waals surface area contributed by atoms with Gasteiger partial charge in [0.05, 0.1) is 12.1 Å². The molecule has 3 atom stereocenters. The predicted octanol–water partition coefficient (Wildman–Crippen LogP) is -1.81. The highest BCUT2D eigenvalue weighted by atomic mass is 16.2. The van der Waals surface area contributed by atoms with Gasteiger partial charge in [0.2, 0.25) is 23.1 Å². The molecule has 0 spiro atoms. The van der Waals surface area contributed by atoms with Crippen molar-refractivity contribution in [3.8, 4) is 0 Å². The molecule has 154 valence electrons. The smallest absolute Gasteiger partial charge is 0.246 e. The monoisotopic (exact) mass is 394 g/mol. The van der Waals surface area contributed by atoms with Gasteiger partial charge < -0.3 is 21.7 Å². The van der Waals surface area contributed by atoms with Gasteiger partial charge in [0.25, 0.3) is 0 Å². The van der Waals surface area contributed by atoms with E-state index in [1.54, 1.807) is 0 Å². The van der Waals surface area contributed by atoms with Gasteiger partial charge in [-0.05, 0) is 33.1 Å². The van der Waals surface area contributed by atoms with Gasteiger partial charge in [-0.25, -0.2) is 0 Å². The van der Waals surface area contributed by atoms with Crippen LogP contribution in [0.25, 0.3) is 0 Å². The molecule has 10 heteroatoms. The maximum atomic E-state index is 13.2. The van der Waals surface area contributed by atoms with Gasteiger partial charge in [0.15, 0.2) is 17.3 Å². The summed E-state index contributed by atoms with van der Waals surface area (Å²) in [5.74, 6) is -4.93. The minimum Gasteiger partial charge on any atom is -0.368 e. The zero-order chi connectivity index (χ0) is 21.2. The first kappa shape index (κ1) is 21.7. The van der Waals surface area contributed by atoms with Crippen LogP contribution in [0.15, 0.2) is 0 Å². The number of hydrogen-bond acceptors (Lipinski definition) is 7. The molecular formula is C18H26N4O6. The first-order chi connectivity index (χ1) is 13.0. The molecule has 5 N–H and O–H groups in total. The van der Waals surface area contributed by atoms with E-state index in [4.69, 9.17) is 11.5 Å². The van der Waals surface area contributed by atoms with Crippen LogP contribution in [0.5, 0.6) is 0 Å². The number of hydrogen-bond donors (Lipinski definition) is 3. The van der Waals surface area contributed by atoms with E-state index in [1.807, 2.05) is 0 Å². The van der Waals surface area contributed by atoms with Crippen LogP contribution in [0.4, 0.5) is 0 Å². The summed E-state index contributed by atoms with van der Waals surface area (Å²) in [4.78, 5) is 76.0. The van der Waals surface area contributed by atoms with Crippen molar-refractivity contribution in [1.29, 1.82) is 0 Å². The van der Waals surface area contributed by atoms with E-state index in [9.17, 15) is 28.8 Å². The number of nitrogens with zero attached hydrogens (tertiary/aromatic N) is 1. The number of nitrogens with one attached hydrogen (secondary N) is 1. The first-order valence-corrected chi connectivity index (χ1v) is 9.32. The summed E-state index contributed by atoms with van der Waals surface area (Å²) in [7, 11) is 0. The van der Waals surface area contributed by atoms with Crippen LogP contribution in [-0.2, 0) is 28.8 Å². The van der Waals surface area contributed by atoms with E-state index in [0.717, 1.165) is 0 Å². The number of ketones is 3. The third kappa shape index (κ3) is 3.56. The molecule has 2 fully saturated rings. The highest BCUT2D eigenvalue weighted by molar-refractivity contribution is 6.39. The van der Waals surface area contributed by atoms with Crippen molar-refractivity contribution in [3.05, 3.63) is 0 Å². The molecule has 1 saturated heterocycles. The van der Waals surface area contributed by atoms with Crippen LogP contribution >= 0.6 is 0 Å². The van der Waals surface area contributed by atoms with E-state index < -0.39 is 58.6 Å². The summed E-state index contributed by atoms with van der Waals surface area (Å²) < 4.78 is 0. The fourth-order valence-electron chi connectivity index (χ4n) is 3.82.